The molecule has 0 radical (unpaired) electrons. The van der Waals surface area contributed by atoms with Crippen LogP contribution in [-0.2, 0) is 6.54 Å². The molecular formula is C17H14BrNOS. The number of halogens is 1. The van der Waals surface area contributed by atoms with Crippen LogP contribution in [0.2, 0.25) is 0 Å². The first-order valence-corrected chi connectivity index (χ1v) is 8.31. The Balaban J connectivity index is 1.78. The summed E-state index contributed by atoms with van der Waals surface area (Å²) in [5.41, 5.74) is 1.92. The molecular weight excluding hydrogens is 346 g/mol. The molecule has 0 spiro atoms. The van der Waals surface area contributed by atoms with Gasteiger partial charge in [0.25, 0.3) is 5.91 Å². The van der Waals surface area contributed by atoms with Crippen molar-refractivity contribution in [3.8, 4) is 0 Å². The smallest absolute Gasteiger partial charge is 0.251 e. The minimum absolute atomic E-state index is 0.0346. The minimum atomic E-state index is -0.0346. The molecule has 0 unspecified atom stereocenters. The third kappa shape index (κ3) is 3.17. The van der Waals surface area contributed by atoms with Gasteiger partial charge in [0, 0.05) is 14.9 Å². The molecule has 0 aliphatic heterocycles. The fourth-order valence-corrected chi connectivity index (χ4v) is 3.43. The van der Waals surface area contributed by atoms with Crippen LogP contribution in [-0.4, -0.2) is 5.91 Å². The predicted octanol–water partition coefficient (Wildman–Crippen LogP) is 4.90. The van der Waals surface area contributed by atoms with Gasteiger partial charge in [-0.1, -0.05) is 28.1 Å². The van der Waals surface area contributed by atoms with Gasteiger partial charge < -0.3 is 5.32 Å². The lowest BCUT2D eigenvalue weighted by Crippen LogP contribution is -2.22. The number of thiophene rings is 1. The van der Waals surface area contributed by atoms with Crippen molar-refractivity contribution in [3.63, 3.8) is 0 Å². The first kappa shape index (κ1) is 14.3. The second-order valence-electron chi connectivity index (χ2n) is 4.92. The Morgan fingerprint density at radius 3 is 2.67 bits per heavy atom. The molecule has 4 heteroatoms. The van der Waals surface area contributed by atoms with Crippen LogP contribution in [0, 0.1) is 6.92 Å². The van der Waals surface area contributed by atoms with Gasteiger partial charge in [-0.05, 0) is 59.0 Å². The van der Waals surface area contributed by atoms with E-state index in [0.29, 0.717) is 12.1 Å². The lowest BCUT2D eigenvalue weighted by Gasteiger charge is -2.06. The molecule has 1 N–H and O–H groups in total. The summed E-state index contributed by atoms with van der Waals surface area (Å²) < 4.78 is 1.04. The summed E-state index contributed by atoms with van der Waals surface area (Å²) in [6.07, 6.45) is 0. The number of fused-ring (bicyclic) bond motifs is 1. The third-order valence-corrected chi connectivity index (χ3v) is 4.96. The van der Waals surface area contributed by atoms with Crippen molar-refractivity contribution in [2.45, 2.75) is 13.5 Å². The van der Waals surface area contributed by atoms with E-state index >= 15 is 0 Å². The van der Waals surface area contributed by atoms with Crippen molar-refractivity contribution in [3.05, 3.63) is 68.3 Å². The van der Waals surface area contributed by atoms with Gasteiger partial charge in [0.1, 0.15) is 0 Å². The molecule has 3 rings (SSSR count). The summed E-state index contributed by atoms with van der Waals surface area (Å²) in [6, 6.07) is 13.9. The van der Waals surface area contributed by atoms with Crippen LogP contribution in [0.3, 0.4) is 0 Å². The molecule has 0 aliphatic carbocycles. The normalized spacial score (nSPS) is 10.8. The van der Waals surface area contributed by atoms with Gasteiger partial charge in [0.15, 0.2) is 0 Å². The second-order valence-corrected chi connectivity index (χ2v) is 6.83. The van der Waals surface area contributed by atoms with Gasteiger partial charge in [-0.15, -0.1) is 11.3 Å². The highest BCUT2D eigenvalue weighted by Crippen LogP contribution is 2.21. The SMILES string of the molecule is Cc1ccsc1CNC(=O)c1ccc2cc(Br)ccc2c1. The van der Waals surface area contributed by atoms with Crippen LogP contribution < -0.4 is 5.32 Å². The first-order chi connectivity index (χ1) is 10.1. The maximum Gasteiger partial charge on any atom is 0.251 e. The first-order valence-electron chi connectivity index (χ1n) is 6.64. The van der Waals surface area contributed by atoms with Crippen LogP contribution in [0.4, 0.5) is 0 Å². The van der Waals surface area contributed by atoms with E-state index in [2.05, 4.69) is 34.2 Å². The second kappa shape index (κ2) is 6.00. The quantitative estimate of drug-likeness (QED) is 0.707. The molecule has 0 fully saturated rings. The number of amides is 1. The van der Waals surface area contributed by atoms with Crippen molar-refractivity contribution in [2.75, 3.05) is 0 Å². The van der Waals surface area contributed by atoms with Crippen LogP contribution >= 0.6 is 27.3 Å². The summed E-state index contributed by atoms with van der Waals surface area (Å²) in [5.74, 6) is -0.0346. The summed E-state index contributed by atoms with van der Waals surface area (Å²) in [5, 5.41) is 7.21. The standard InChI is InChI=1S/C17H14BrNOS/c1-11-6-7-21-16(11)10-19-17(20)14-3-2-13-9-15(18)5-4-12(13)8-14/h2-9H,10H2,1H3,(H,19,20). The predicted molar refractivity (Wildman–Crippen MR) is 91.9 cm³/mol. The number of carbonyl (C=O) groups is 1. The maximum atomic E-state index is 12.2. The zero-order valence-electron chi connectivity index (χ0n) is 11.5. The zero-order valence-corrected chi connectivity index (χ0v) is 13.9. The third-order valence-electron chi connectivity index (χ3n) is 3.44. The highest BCUT2D eigenvalue weighted by atomic mass is 79.9. The molecule has 106 valence electrons. The monoisotopic (exact) mass is 359 g/mol. The van der Waals surface area contributed by atoms with Crippen LogP contribution in [0.25, 0.3) is 10.8 Å². The van der Waals surface area contributed by atoms with E-state index in [4.69, 9.17) is 0 Å². The van der Waals surface area contributed by atoms with Crippen molar-refractivity contribution < 1.29 is 4.79 Å². The minimum Gasteiger partial charge on any atom is -0.347 e. The van der Waals surface area contributed by atoms with E-state index in [1.165, 1.54) is 10.4 Å². The van der Waals surface area contributed by atoms with E-state index in [-0.39, 0.29) is 5.91 Å². The topological polar surface area (TPSA) is 29.1 Å². The largest absolute Gasteiger partial charge is 0.347 e. The average molecular weight is 360 g/mol. The Bertz CT molecular complexity index is 809. The maximum absolute atomic E-state index is 12.2. The van der Waals surface area contributed by atoms with Gasteiger partial charge in [-0.25, -0.2) is 0 Å². The van der Waals surface area contributed by atoms with Crippen LogP contribution in [0.5, 0.6) is 0 Å². The Hall–Kier alpha value is -1.65. The van der Waals surface area contributed by atoms with Crippen molar-refractivity contribution in [1.29, 1.82) is 0 Å². The molecule has 1 aromatic heterocycles. The van der Waals surface area contributed by atoms with E-state index < -0.39 is 0 Å². The number of nitrogens with one attached hydrogen (secondary N) is 1. The molecule has 1 amide bonds. The molecule has 0 saturated carbocycles. The molecule has 2 nitrogen and oxygen atoms in total. The lowest BCUT2D eigenvalue weighted by atomic mass is 10.1. The number of benzene rings is 2. The Morgan fingerprint density at radius 1 is 1.14 bits per heavy atom. The Labute approximate surface area is 135 Å². The molecule has 0 saturated heterocycles. The summed E-state index contributed by atoms with van der Waals surface area (Å²) in [4.78, 5) is 13.4. The van der Waals surface area contributed by atoms with Crippen molar-refractivity contribution in [1.82, 2.24) is 5.32 Å². The molecule has 21 heavy (non-hydrogen) atoms. The average Bonchev–Trinajstić information content (AvgIpc) is 2.89. The Morgan fingerprint density at radius 2 is 1.90 bits per heavy atom. The number of aryl methyl sites for hydroxylation is 1. The summed E-state index contributed by atoms with van der Waals surface area (Å²) >= 11 is 5.13. The Kier molecular flexibility index (Phi) is 4.08. The summed E-state index contributed by atoms with van der Waals surface area (Å²) in [7, 11) is 0. The molecule has 1 heterocycles. The molecule has 0 atom stereocenters. The van der Waals surface area contributed by atoms with Crippen LogP contribution in [0.1, 0.15) is 20.8 Å². The van der Waals surface area contributed by atoms with Crippen LogP contribution in [0.15, 0.2) is 52.3 Å². The van der Waals surface area contributed by atoms with E-state index in [9.17, 15) is 4.79 Å². The molecule has 0 aliphatic rings. The molecule has 2 aromatic carbocycles. The van der Waals surface area contributed by atoms with Gasteiger partial charge in [-0.2, -0.15) is 0 Å². The van der Waals surface area contributed by atoms with Gasteiger partial charge >= 0.3 is 0 Å². The number of carbonyl (C=O) groups excluding carboxylic acids is 1. The number of hydrogen-bond acceptors (Lipinski definition) is 2. The van der Waals surface area contributed by atoms with Gasteiger partial charge in [0.05, 0.1) is 6.54 Å². The van der Waals surface area contributed by atoms with E-state index in [0.717, 1.165) is 15.2 Å². The lowest BCUT2D eigenvalue weighted by molar-refractivity contribution is 0.0951. The van der Waals surface area contributed by atoms with E-state index in [1.54, 1.807) is 11.3 Å². The number of hydrogen-bond donors (Lipinski definition) is 1. The highest BCUT2D eigenvalue weighted by Gasteiger charge is 2.08. The van der Waals surface area contributed by atoms with E-state index in [1.807, 2.05) is 41.8 Å². The fourth-order valence-electron chi connectivity index (χ4n) is 2.21. The van der Waals surface area contributed by atoms with Crippen molar-refractivity contribution >= 4 is 43.9 Å². The summed E-state index contributed by atoms with van der Waals surface area (Å²) in [6.45, 7) is 2.65. The highest BCUT2D eigenvalue weighted by molar-refractivity contribution is 9.10. The van der Waals surface area contributed by atoms with Gasteiger partial charge in [-0.3, -0.25) is 4.79 Å². The number of rotatable bonds is 3. The molecule has 0 bridgehead atoms. The zero-order chi connectivity index (χ0) is 14.8. The van der Waals surface area contributed by atoms with Gasteiger partial charge in [0.2, 0.25) is 0 Å². The van der Waals surface area contributed by atoms with Crippen molar-refractivity contribution in [2.24, 2.45) is 0 Å². The fraction of sp³-hybridized carbons (Fsp3) is 0.118. The molecule has 3 aromatic rings.